The van der Waals surface area contributed by atoms with Crippen LogP contribution in [0.2, 0.25) is 0 Å². The van der Waals surface area contributed by atoms with E-state index in [4.69, 9.17) is 0 Å². The van der Waals surface area contributed by atoms with Gasteiger partial charge in [0.15, 0.2) is 0 Å². The second-order valence-corrected chi connectivity index (χ2v) is 2.87. The molecule has 22 valence electrons. The smallest absolute Gasteiger partial charge is 0.0454 e. The number of nitrogens with one attached hydrogen (secondary N) is 1. The third-order valence-corrected chi connectivity index (χ3v) is 2.17. The molecule has 0 bridgehead atoms. The molecule has 2 fully saturated rings. The van der Waals surface area contributed by atoms with Crippen LogP contribution in [0.1, 0.15) is 0 Å². The summed E-state index contributed by atoms with van der Waals surface area (Å²) in [6, 6.07) is 0. The van der Waals surface area contributed by atoms with Crippen LogP contribution in [0.15, 0.2) is 0 Å². The summed E-state index contributed by atoms with van der Waals surface area (Å²) in [5, 5.41) is 3.21. The molecular weight excluding hydrogens is 69.0 g/mol. The molecule has 4 heavy (non-hydrogen) atoms. The zero-order valence-corrected chi connectivity index (χ0v) is 3.15. The van der Waals surface area contributed by atoms with Crippen molar-refractivity contribution in [2.75, 3.05) is 0 Å². The summed E-state index contributed by atoms with van der Waals surface area (Å²) >= 11 is 0. The standard InChI is InChI=1S/C2H4NP/c3-1-2(3)4-1/h1-4H/t1-,2+. The molecule has 0 amide bonds. The van der Waals surface area contributed by atoms with Gasteiger partial charge in [0.05, 0.1) is 0 Å². The second kappa shape index (κ2) is 0.275. The van der Waals surface area contributed by atoms with E-state index in [1.54, 1.807) is 0 Å². The fourth-order valence-corrected chi connectivity index (χ4v) is 0.827. The summed E-state index contributed by atoms with van der Waals surface area (Å²) < 4.78 is 0. The summed E-state index contributed by atoms with van der Waals surface area (Å²) in [7, 11) is 1.29. The summed E-state index contributed by atoms with van der Waals surface area (Å²) in [4.78, 5) is 0. The Bertz CT molecular complexity index is 42.0. The van der Waals surface area contributed by atoms with Crippen LogP contribution in [0.3, 0.4) is 0 Å². The zero-order valence-electron chi connectivity index (χ0n) is 2.15. The number of hydrogen-bond acceptors (Lipinski definition) is 1. The first-order valence-electron chi connectivity index (χ1n) is 1.49. The highest BCUT2D eigenvalue weighted by Gasteiger charge is 2.52. The van der Waals surface area contributed by atoms with E-state index in [-0.39, 0.29) is 0 Å². The van der Waals surface area contributed by atoms with Crippen molar-refractivity contribution in [3.8, 4) is 0 Å². The largest absolute Gasteiger partial charge is 0.300 e. The monoisotopic (exact) mass is 73.0 g/mol. The predicted molar refractivity (Wildman–Crippen MR) is 19.0 cm³/mol. The van der Waals surface area contributed by atoms with Crippen LogP contribution < -0.4 is 5.32 Å². The Labute approximate surface area is 26.6 Å². The summed E-state index contributed by atoms with van der Waals surface area (Å²) in [6.45, 7) is 0. The van der Waals surface area contributed by atoms with E-state index in [0.29, 0.717) is 0 Å². The van der Waals surface area contributed by atoms with Gasteiger partial charge in [0.25, 0.3) is 0 Å². The maximum absolute atomic E-state index is 3.21. The molecule has 0 saturated carbocycles. The first-order valence-corrected chi connectivity index (χ1v) is 2.64. The summed E-state index contributed by atoms with van der Waals surface area (Å²) in [5.41, 5.74) is 0. The molecule has 1 unspecified atom stereocenters. The molecule has 0 aromatic rings. The zero-order chi connectivity index (χ0) is 2.57. The molecule has 2 aliphatic heterocycles. The molecule has 2 heteroatoms. The van der Waals surface area contributed by atoms with Crippen LogP contribution >= 0.6 is 8.58 Å². The van der Waals surface area contributed by atoms with E-state index in [9.17, 15) is 0 Å². The second-order valence-electron chi connectivity index (χ2n) is 1.29. The fourth-order valence-electron chi connectivity index (χ4n) is 0.276. The Morgan fingerprint density at radius 2 is 1.75 bits per heavy atom. The highest BCUT2D eigenvalue weighted by molar-refractivity contribution is 7.51. The minimum Gasteiger partial charge on any atom is -0.300 e. The van der Waals surface area contributed by atoms with Crippen molar-refractivity contribution in [3.63, 3.8) is 0 Å². The Morgan fingerprint density at radius 1 is 1.50 bits per heavy atom. The van der Waals surface area contributed by atoms with E-state index in [2.05, 4.69) is 5.32 Å². The highest BCUT2D eigenvalue weighted by atomic mass is 31.1. The van der Waals surface area contributed by atoms with Gasteiger partial charge in [0, 0.05) is 11.6 Å². The van der Waals surface area contributed by atoms with Crippen molar-refractivity contribution in [2.45, 2.75) is 11.6 Å². The van der Waals surface area contributed by atoms with Crippen molar-refractivity contribution in [3.05, 3.63) is 0 Å². The Morgan fingerprint density at radius 3 is 1.75 bits per heavy atom. The maximum Gasteiger partial charge on any atom is 0.0454 e. The average Bonchev–Trinajstić information content (AvgIpc) is 1.36. The van der Waals surface area contributed by atoms with E-state index < -0.39 is 0 Å². The molecule has 2 rings (SSSR count). The first-order chi connectivity index (χ1) is 1.97. The lowest BCUT2D eigenvalue weighted by molar-refractivity contribution is 1.24. The van der Waals surface area contributed by atoms with Crippen LogP contribution in [0.25, 0.3) is 0 Å². The van der Waals surface area contributed by atoms with Gasteiger partial charge in [0.2, 0.25) is 0 Å². The SMILES string of the molecule is N1[C@@H]2P[C@H]12. The van der Waals surface area contributed by atoms with Gasteiger partial charge >= 0.3 is 0 Å². The lowest BCUT2D eigenvalue weighted by atomic mass is 11.0. The summed E-state index contributed by atoms with van der Waals surface area (Å²) in [6.07, 6.45) is 0. The molecule has 0 aromatic heterocycles. The van der Waals surface area contributed by atoms with Gasteiger partial charge in [-0.05, 0) is 0 Å². The first kappa shape index (κ1) is 1.74. The van der Waals surface area contributed by atoms with E-state index in [1.165, 1.54) is 8.58 Å². The van der Waals surface area contributed by atoms with Gasteiger partial charge in [-0.2, -0.15) is 0 Å². The molecule has 0 aromatic carbocycles. The number of fused-ring (bicyclic) bond motifs is 1. The van der Waals surface area contributed by atoms with Gasteiger partial charge in [-0.15, -0.1) is 0 Å². The van der Waals surface area contributed by atoms with Crippen LogP contribution in [0.4, 0.5) is 0 Å². The highest BCUT2D eigenvalue weighted by Crippen LogP contribution is 2.57. The molecule has 3 atom stereocenters. The Hall–Kier alpha value is 0.390. The molecule has 1 nitrogen and oxygen atoms in total. The van der Waals surface area contributed by atoms with Gasteiger partial charge < -0.3 is 5.32 Å². The number of rotatable bonds is 0. The predicted octanol–water partition coefficient (Wildman–Crippen LogP) is -0.0661. The van der Waals surface area contributed by atoms with E-state index in [1.807, 2.05) is 0 Å². The van der Waals surface area contributed by atoms with Crippen LogP contribution in [-0.4, -0.2) is 11.6 Å². The van der Waals surface area contributed by atoms with Gasteiger partial charge in [-0.3, -0.25) is 0 Å². The van der Waals surface area contributed by atoms with Crippen LogP contribution in [0, 0.1) is 0 Å². The average molecular weight is 73.0 g/mol. The van der Waals surface area contributed by atoms with Crippen molar-refractivity contribution in [1.29, 1.82) is 0 Å². The third kappa shape index (κ3) is 0.0656. The molecule has 2 aliphatic rings. The van der Waals surface area contributed by atoms with Crippen molar-refractivity contribution in [1.82, 2.24) is 5.32 Å². The minimum absolute atomic E-state index is 1.03. The minimum atomic E-state index is 1.03. The fraction of sp³-hybridized carbons (Fsp3) is 1.00. The maximum atomic E-state index is 3.21. The van der Waals surface area contributed by atoms with Crippen molar-refractivity contribution >= 4 is 8.58 Å². The molecule has 0 aliphatic carbocycles. The lowest BCUT2D eigenvalue weighted by Crippen LogP contribution is -1.80. The van der Waals surface area contributed by atoms with Crippen LogP contribution in [-0.2, 0) is 0 Å². The van der Waals surface area contributed by atoms with Crippen molar-refractivity contribution in [2.24, 2.45) is 0 Å². The van der Waals surface area contributed by atoms with E-state index in [0.717, 1.165) is 11.6 Å². The molecule has 0 radical (unpaired) electrons. The third-order valence-electron chi connectivity index (χ3n) is 0.833. The van der Waals surface area contributed by atoms with Gasteiger partial charge in [-0.25, -0.2) is 0 Å². The van der Waals surface area contributed by atoms with Gasteiger partial charge in [-0.1, -0.05) is 8.58 Å². The van der Waals surface area contributed by atoms with E-state index >= 15 is 0 Å². The topological polar surface area (TPSA) is 21.9 Å². The quantitative estimate of drug-likeness (QED) is 0.314. The molecule has 2 heterocycles. The van der Waals surface area contributed by atoms with Gasteiger partial charge in [0.1, 0.15) is 0 Å². The normalized spacial score (nSPS) is 72.0. The summed E-state index contributed by atoms with van der Waals surface area (Å²) in [5.74, 6) is 2.06. The molecule has 2 saturated heterocycles. The molecule has 1 N–H and O–H groups in total. The molecular formula is C2H4NP. The molecule has 0 spiro atoms. The van der Waals surface area contributed by atoms with Crippen molar-refractivity contribution < 1.29 is 0 Å². The number of hydrogen-bond donors (Lipinski definition) is 1. The Kier molecular flexibility index (Phi) is 0.119. The Balaban J connectivity index is 2.48. The van der Waals surface area contributed by atoms with Crippen LogP contribution in [0.5, 0.6) is 0 Å². The lowest BCUT2D eigenvalue weighted by Gasteiger charge is -1.67.